The highest BCUT2D eigenvalue weighted by molar-refractivity contribution is 5.68. The average Bonchev–Trinajstić information content (AvgIpc) is 2.33. The Balaban J connectivity index is 2.72. The van der Waals surface area contributed by atoms with Crippen LogP contribution in [0.3, 0.4) is 0 Å². The number of rotatable bonds is 7. The maximum atomic E-state index is 11.0. The van der Waals surface area contributed by atoms with Crippen LogP contribution in [0.2, 0.25) is 0 Å². The molecule has 0 atom stereocenters. The first-order valence-corrected chi connectivity index (χ1v) is 5.62. The van der Waals surface area contributed by atoms with Gasteiger partial charge >= 0.3 is 5.69 Å². The molecule has 0 saturated carbocycles. The Labute approximate surface area is 106 Å². The molecular weight excluding hydrogens is 236 g/mol. The maximum Gasteiger partial charge on any atom is 0.353 e. The molecule has 18 heavy (non-hydrogen) atoms. The van der Waals surface area contributed by atoms with E-state index in [1.165, 1.54) is 6.33 Å². The van der Waals surface area contributed by atoms with E-state index in [0.29, 0.717) is 6.54 Å². The molecule has 8 nitrogen and oxygen atoms in total. The van der Waals surface area contributed by atoms with E-state index in [9.17, 15) is 10.1 Å². The molecule has 0 aliphatic heterocycles. The van der Waals surface area contributed by atoms with E-state index in [2.05, 4.69) is 25.5 Å². The van der Waals surface area contributed by atoms with E-state index < -0.39 is 4.92 Å². The molecule has 2 N–H and O–H groups in total. The van der Waals surface area contributed by atoms with Crippen molar-refractivity contribution in [1.82, 2.24) is 14.9 Å². The minimum Gasteiger partial charge on any atom is -0.367 e. The van der Waals surface area contributed by atoms with Gasteiger partial charge < -0.3 is 15.5 Å². The standard InChI is InChI=1S/C10H18N6O2/c1-11-9-8(16(17)18)10(14-7-13-9)12-5-4-6-15(2)3/h7H,4-6H2,1-3H3,(H2,11,12,13,14). The predicted octanol–water partition coefficient (Wildman–Crippen LogP) is 0.790. The van der Waals surface area contributed by atoms with E-state index in [1.807, 2.05) is 14.1 Å². The molecule has 0 unspecified atom stereocenters. The third-order valence-electron chi connectivity index (χ3n) is 2.32. The van der Waals surface area contributed by atoms with Crippen LogP contribution in [0, 0.1) is 10.1 Å². The van der Waals surface area contributed by atoms with Crippen LogP contribution < -0.4 is 10.6 Å². The minimum absolute atomic E-state index is 0.121. The van der Waals surface area contributed by atoms with Gasteiger partial charge in [0.2, 0.25) is 11.6 Å². The molecule has 1 aromatic heterocycles. The van der Waals surface area contributed by atoms with Gasteiger partial charge in [-0.25, -0.2) is 9.97 Å². The van der Waals surface area contributed by atoms with E-state index in [-0.39, 0.29) is 17.3 Å². The molecule has 0 amide bonds. The number of anilines is 2. The summed E-state index contributed by atoms with van der Waals surface area (Å²) in [5.74, 6) is 0.461. The quantitative estimate of drug-likeness (QED) is 0.422. The molecule has 0 aliphatic carbocycles. The van der Waals surface area contributed by atoms with Crippen molar-refractivity contribution in [3.63, 3.8) is 0 Å². The van der Waals surface area contributed by atoms with Crippen molar-refractivity contribution < 1.29 is 4.92 Å². The van der Waals surface area contributed by atoms with Gasteiger partial charge in [-0.3, -0.25) is 10.1 Å². The summed E-state index contributed by atoms with van der Waals surface area (Å²) in [5, 5.41) is 16.6. The van der Waals surface area contributed by atoms with Crippen LogP contribution in [0.25, 0.3) is 0 Å². The summed E-state index contributed by atoms with van der Waals surface area (Å²) in [6, 6.07) is 0. The third kappa shape index (κ3) is 3.81. The van der Waals surface area contributed by atoms with Crippen LogP contribution in [-0.2, 0) is 0 Å². The second-order valence-electron chi connectivity index (χ2n) is 4.01. The Kier molecular flexibility index (Phi) is 5.25. The van der Waals surface area contributed by atoms with Gasteiger partial charge in [0.05, 0.1) is 4.92 Å². The first kappa shape index (κ1) is 14.1. The van der Waals surface area contributed by atoms with Crippen molar-refractivity contribution in [2.45, 2.75) is 6.42 Å². The fourth-order valence-electron chi connectivity index (χ4n) is 1.47. The lowest BCUT2D eigenvalue weighted by molar-refractivity contribution is -0.383. The van der Waals surface area contributed by atoms with E-state index in [1.54, 1.807) is 7.05 Å². The van der Waals surface area contributed by atoms with Gasteiger partial charge in [-0.05, 0) is 27.1 Å². The van der Waals surface area contributed by atoms with Crippen LogP contribution in [-0.4, -0.2) is 54.0 Å². The molecule has 8 heteroatoms. The smallest absolute Gasteiger partial charge is 0.353 e. The number of aromatic nitrogens is 2. The lowest BCUT2D eigenvalue weighted by Gasteiger charge is -2.10. The fourth-order valence-corrected chi connectivity index (χ4v) is 1.47. The van der Waals surface area contributed by atoms with Gasteiger partial charge in [-0.2, -0.15) is 0 Å². The molecule has 1 aromatic rings. The van der Waals surface area contributed by atoms with Crippen LogP contribution in [0.4, 0.5) is 17.3 Å². The molecule has 1 heterocycles. The maximum absolute atomic E-state index is 11.0. The molecule has 0 spiro atoms. The molecule has 1 rings (SSSR count). The first-order chi connectivity index (χ1) is 8.56. The summed E-state index contributed by atoms with van der Waals surface area (Å²) in [7, 11) is 5.55. The van der Waals surface area contributed by atoms with Crippen molar-refractivity contribution in [2.75, 3.05) is 44.9 Å². The van der Waals surface area contributed by atoms with Crippen LogP contribution in [0.15, 0.2) is 6.33 Å². The zero-order valence-corrected chi connectivity index (χ0v) is 10.8. The van der Waals surface area contributed by atoms with Crippen molar-refractivity contribution in [3.05, 3.63) is 16.4 Å². The molecular formula is C10H18N6O2. The summed E-state index contributed by atoms with van der Waals surface area (Å²) < 4.78 is 0. The molecule has 0 aliphatic rings. The van der Waals surface area contributed by atoms with Gasteiger partial charge in [0.25, 0.3) is 0 Å². The molecule has 0 aromatic carbocycles. The molecule has 0 radical (unpaired) electrons. The Morgan fingerprint density at radius 3 is 2.61 bits per heavy atom. The molecule has 0 saturated heterocycles. The number of nitrogens with zero attached hydrogens (tertiary/aromatic N) is 4. The molecule has 0 bridgehead atoms. The Bertz CT molecular complexity index is 409. The summed E-state index contributed by atoms with van der Waals surface area (Å²) in [5.41, 5.74) is -0.121. The van der Waals surface area contributed by atoms with Gasteiger partial charge in [-0.15, -0.1) is 0 Å². The Hall–Kier alpha value is -1.96. The van der Waals surface area contributed by atoms with Gasteiger partial charge in [0.1, 0.15) is 6.33 Å². The second-order valence-corrected chi connectivity index (χ2v) is 4.01. The highest BCUT2D eigenvalue weighted by Crippen LogP contribution is 2.28. The monoisotopic (exact) mass is 254 g/mol. The SMILES string of the molecule is CNc1ncnc(NCCCN(C)C)c1[N+](=O)[O-]. The van der Waals surface area contributed by atoms with Crippen LogP contribution >= 0.6 is 0 Å². The van der Waals surface area contributed by atoms with Crippen LogP contribution in [0.5, 0.6) is 0 Å². The van der Waals surface area contributed by atoms with Crippen molar-refractivity contribution in [2.24, 2.45) is 0 Å². The summed E-state index contributed by atoms with van der Waals surface area (Å²) >= 11 is 0. The molecule has 0 fully saturated rings. The van der Waals surface area contributed by atoms with Gasteiger partial charge in [-0.1, -0.05) is 0 Å². The van der Waals surface area contributed by atoms with Gasteiger partial charge in [0.15, 0.2) is 0 Å². The van der Waals surface area contributed by atoms with E-state index in [0.717, 1.165) is 13.0 Å². The number of hydrogen-bond donors (Lipinski definition) is 2. The highest BCUT2D eigenvalue weighted by Gasteiger charge is 2.21. The van der Waals surface area contributed by atoms with Crippen LogP contribution in [0.1, 0.15) is 6.42 Å². The average molecular weight is 254 g/mol. The Morgan fingerprint density at radius 2 is 2.06 bits per heavy atom. The van der Waals surface area contributed by atoms with Crippen molar-refractivity contribution in [1.29, 1.82) is 0 Å². The van der Waals surface area contributed by atoms with E-state index in [4.69, 9.17) is 0 Å². The minimum atomic E-state index is -0.486. The summed E-state index contributed by atoms with van der Waals surface area (Å²) in [6.07, 6.45) is 2.18. The fraction of sp³-hybridized carbons (Fsp3) is 0.600. The Morgan fingerprint density at radius 1 is 1.39 bits per heavy atom. The number of nitrogens with one attached hydrogen (secondary N) is 2. The third-order valence-corrected chi connectivity index (χ3v) is 2.32. The normalized spacial score (nSPS) is 10.4. The largest absolute Gasteiger partial charge is 0.367 e. The lowest BCUT2D eigenvalue weighted by Crippen LogP contribution is -2.17. The number of nitro groups is 1. The van der Waals surface area contributed by atoms with Gasteiger partial charge in [0, 0.05) is 13.6 Å². The zero-order chi connectivity index (χ0) is 13.5. The lowest BCUT2D eigenvalue weighted by atomic mass is 10.3. The number of hydrogen-bond acceptors (Lipinski definition) is 7. The summed E-state index contributed by atoms with van der Waals surface area (Å²) in [6.45, 7) is 1.53. The summed E-state index contributed by atoms with van der Waals surface area (Å²) in [4.78, 5) is 20.3. The van der Waals surface area contributed by atoms with E-state index >= 15 is 0 Å². The van der Waals surface area contributed by atoms with Crippen molar-refractivity contribution >= 4 is 17.3 Å². The highest BCUT2D eigenvalue weighted by atomic mass is 16.6. The zero-order valence-electron chi connectivity index (χ0n) is 10.8. The predicted molar refractivity (Wildman–Crippen MR) is 69.9 cm³/mol. The molecule has 100 valence electrons. The second kappa shape index (κ2) is 6.70. The first-order valence-electron chi connectivity index (χ1n) is 5.62. The van der Waals surface area contributed by atoms with Crippen molar-refractivity contribution in [3.8, 4) is 0 Å². The topological polar surface area (TPSA) is 96.2 Å².